The fourth-order valence-electron chi connectivity index (χ4n) is 4.10. The summed E-state index contributed by atoms with van der Waals surface area (Å²) >= 11 is 0. The van der Waals surface area contributed by atoms with Gasteiger partial charge in [-0.3, -0.25) is 33.8 Å². The van der Waals surface area contributed by atoms with Crippen molar-refractivity contribution in [2.75, 3.05) is 0 Å². The Morgan fingerprint density at radius 3 is 2.19 bits per heavy atom. The van der Waals surface area contributed by atoms with Gasteiger partial charge in [0.2, 0.25) is 23.6 Å². The minimum absolute atomic E-state index is 0.125. The number of carboxylic acids is 2. The van der Waals surface area contributed by atoms with Gasteiger partial charge in [-0.15, -0.1) is 0 Å². The molecular formula is C25H35N4O12P. The number of aliphatic carboxylic acids is 2. The van der Waals surface area contributed by atoms with E-state index < -0.39 is 79.9 Å². The normalized spacial score (nSPS) is 21.4. The number of amides is 4. The predicted molar refractivity (Wildman–Crippen MR) is 144 cm³/mol. The highest BCUT2D eigenvalue weighted by atomic mass is 31.2. The Bertz CT molecular complexity index is 1220. The Kier molecular flexibility index (Phi) is 12.4. The van der Waals surface area contributed by atoms with Crippen molar-refractivity contribution in [2.24, 2.45) is 5.92 Å². The minimum atomic E-state index is -4.80. The molecule has 0 aliphatic carbocycles. The highest BCUT2D eigenvalue weighted by Gasteiger charge is 2.34. The first-order valence-electron chi connectivity index (χ1n) is 13.1. The molecule has 42 heavy (non-hydrogen) atoms. The number of hydrogen-bond acceptors (Lipinski definition) is 8. The Morgan fingerprint density at radius 1 is 1.02 bits per heavy atom. The zero-order chi connectivity index (χ0) is 31.6. The summed E-state index contributed by atoms with van der Waals surface area (Å²) < 4.78 is 15.5. The molecule has 16 nitrogen and oxygen atoms in total. The number of hydrogen-bond donors (Lipinski definition) is 8. The van der Waals surface area contributed by atoms with Gasteiger partial charge in [0.25, 0.3) is 0 Å². The van der Waals surface area contributed by atoms with Crippen molar-refractivity contribution >= 4 is 43.4 Å². The third-order valence-corrected chi connectivity index (χ3v) is 7.04. The molecule has 0 bridgehead atoms. The van der Waals surface area contributed by atoms with Crippen molar-refractivity contribution in [2.45, 2.75) is 76.5 Å². The third kappa shape index (κ3) is 11.1. The second-order valence-electron chi connectivity index (χ2n) is 9.85. The van der Waals surface area contributed by atoms with Gasteiger partial charge in [0, 0.05) is 19.3 Å². The van der Waals surface area contributed by atoms with Crippen LogP contribution in [0.5, 0.6) is 5.75 Å². The van der Waals surface area contributed by atoms with E-state index >= 15 is 0 Å². The molecule has 0 saturated carbocycles. The van der Waals surface area contributed by atoms with E-state index in [0.717, 1.165) is 0 Å². The Balaban J connectivity index is 2.31. The van der Waals surface area contributed by atoms with Crippen LogP contribution in [-0.4, -0.2) is 79.7 Å². The van der Waals surface area contributed by atoms with Crippen LogP contribution in [0, 0.1) is 5.92 Å². The molecule has 0 spiro atoms. The Labute approximate surface area is 240 Å². The second-order valence-corrected chi connectivity index (χ2v) is 11.0. The summed E-state index contributed by atoms with van der Waals surface area (Å²) in [6, 6.07) is 0.00338. The topological polar surface area (TPSA) is 258 Å². The van der Waals surface area contributed by atoms with E-state index in [2.05, 4.69) is 25.8 Å². The van der Waals surface area contributed by atoms with Crippen LogP contribution in [0.3, 0.4) is 0 Å². The molecule has 1 aromatic rings. The molecule has 0 radical (unpaired) electrons. The van der Waals surface area contributed by atoms with Crippen LogP contribution >= 0.6 is 7.82 Å². The van der Waals surface area contributed by atoms with Crippen LogP contribution in [-0.2, 0) is 39.8 Å². The van der Waals surface area contributed by atoms with Crippen molar-refractivity contribution in [3.05, 3.63) is 29.8 Å². The van der Waals surface area contributed by atoms with Gasteiger partial charge in [-0.1, -0.05) is 32.4 Å². The molecule has 2 rings (SSSR count). The molecule has 0 unspecified atom stereocenters. The molecule has 4 amide bonds. The van der Waals surface area contributed by atoms with Gasteiger partial charge in [0.05, 0.1) is 0 Å². The van der Waals surface area contributed by atoms with Gasteiger partial charge in [0.15, 0.2) is 0 Å². The highest BCUT2D eigenvalue weighted by Crippen LogP contribution is 2.37. The number of rotatable bonds is 12. The summed E-state index contributed by atoms with van der Waals surface area (Å²) in [5, 5.41) is 28.4. The molecular weight excluding hydrogens is 579 g/mol. The standard InChI is InChI=1S/C25H35N4O12P/c1-3-13(2)21(25(36)37)29-23(34)16-8-10-19(30)26-18(12-14-4-6-15(7-5-14)41-42(38,39)40)24(35)28-17(22(33)27-16)9-11-20(31)32/h4-7,13,16-18,21H,3,8-12H2,1-2H3,(H,26,30)(H,27,33)(H,28,35)(H,29,34)(H,31,32)(H,36,37)(H2,38,39,40)/t13-,16+,17+,18+,21+/m1/s1. The molecule has 1 fully saturated rings. The molecule has 5 atom stereocenters. The summed E-state index contributed by atoms with van der Waals surface area (Å²) in [6.45, 7) is 3.36. The van der Waals surface area contributed by atoms with Crippen LogP contribution in [0.4, 0.5) is 0 Å². The zero-order valence-electron chi connectivity index (χ0n) is 22.9. The number of benzene rings is 1. The number of phosphoric ester groups is 1. The van der Waals surface area contributed by atoms with Gasteiger partial charge in [-0.2, -0.15) is 0 Å². The van der Waals surface area contributed by atoms with Gasteiger partial charge in [0.1, 0.15) is 29.9 Å². The third-order valence-electron chi connectivity index (χ3n) is 6.59. The lowest BCUT2D eigenvalue weighted by molar-refractivity contribution is -0.144. The van der Waals surface area contributed by atoms with Gasteiger partial charge < -0.3 is 36.0 Å². The van der Waals surface area contributed by atoms with Crippen molar-refractivity contribution in [3.8, 4) is 5.75 Å². The highest BCUT2D eigenvalue weighted by molar-refractivity contribution is 7.46. The lowest BCUT2D eigenvalue weighted by Crippen LogP contribution is -2.57. The SMILES string of the molecule is CC[C@@H](C)[C@H](NC(=O)[C@@H]1CCC(=O)N[C@@H](Cc2ccc(OP(=O)(O)O)cc2)C(=O)N[C@@H](CCC(=O)O)C(=O)N1)C(=O)O. The van der Waals surface area contributed by atoms with E-state index in [1.807, 2.05) is 0 Å². The molecule has 1 aromatic carbocycles. The number of carbonyl (C=O) groups excluding carboxylic acids is 4. The van der Waals surface area contributed by atoms with Crippen LogP contribution in [0.15, 0.2) is 24.3 Å². The minimum Gasteiger partial charge on any atom is -0.481 e. The van der Waals surface area contributed by atoms with Crippen molar-refractivity contribution in [1.29, 1.82) is 0 Å². The summed E-state index contributed by atoms with van der Waals surface area (Å²) in [6.07, 6.45) is -1.14. The first-order valence-corrected chi connectivity index (χ1v) is 14.6. The molecule has 1 saturated heterocycles. The first-order chi connectivity index (χ1) is 19.6. The molecule has 1 aliphatic heterocycles. The van der Waals surface area contributed by atoms with Gasteiger partial charge >= 0.3 is 19.8 Å². The summed E-state index contributed by atoms with van der Waals surface area (Å²) in [5.74, 6) is -6.37. The summed E-state index contributed by atoms with van der Waals surface area (Å²) in [4.78, 5) is 92.9. The smallest absolute Gasteiger partial charge is 0.481 e. The van der Waals surface area contributed by atoms with E-state index in [4.69, 9.17) is 14.9 Å². The Morgan fingerprint density at radius 2 is 1.64 bits per heavy atom. The number of phosphoric acid groups is 1. The Hall–Kier alpha value is -4.01. The van der Waals surface area contributed by atoms with Crippen LogP contribution in [0.1, 0.15) is 51.5 Å². The molecule has 8 N–H and O–H groups in total. The van der Waals surface area contributed by atoms with Crippen molar-refractivity contribution in [1.82, 2.24) is 21.3 Å². The van der Waals surface area contributed by atoms with E-state index in [1.54, 1.807) is 13.8 Å². The van der Waals surface area contributed by atoms with Crippen LogP contribution < -0.4 is 25.8 Å². The zero-order valence-corrected chi connectivity index (χ0v) is 23.8. The van der Waals surface area contributed by atoms with Crippen LogP contribution in [0.25, 0.3) is 0 Å². The maximum absolute atomic E-state index is 13.2. The van der Waals surface area contributed by atoms with E-state index in [9.17, 15) is 38.4 Å². The molecule has 232 valence electrons. The van der Waals surface area contributed by atoms with Crippen LogP contribution in [0.2, 0.25) is 0 Å². The van der Waals surface area contributed by atoms with Crippen molar-refractivity contribution in [3.63, 3.8) is 0 Å². The lowest BCUT2D eigenvalue weighted by Gasteiger charge is -2.25. The molecule has 17 heteroatoms. The van der Waals surface area contributed by atoms with E-state index in [0.29, 0.717) is 12.0 Å². The average Bonchev–Trinajstić information content (AvgIpc) is 2.91. The summed E-state index contributed by atoms with van der Waals surface area (Å²) in [7, 11) is -4.80. The first kappa shape index (κ1) is 34.2. The van der Waals surface area contributed by atoms with Gasteiger partial charge in [-0.05, 0) is 36.5 Å². The maximum atomic E-state index is 13.2. The molecule has 1 heterocycles. The molecule has 1 aliphatic rings. The van der Waals surface area contributed by atoms with Crippen molar-refractivity contribution < 1.29 is 57.9 Å². The van der Waals surface area contributed by atoms with E-state index in [1.165, 1.54) is 24.3 Å². The largest absolute Gasteiger partial charge is 0.524 e. The maximum Gasteiger partial charge on any atom is 0.524 e. The fraction of sp³-hybridized carbons (Fsp3) is 0.520. The lowest BCUT2D eigenvalue weighted by atomic mass is 9.98. The predicted octanol–water partition coefficient (Wildman–Crippen LogP) is -0.571. The van der Waals surface area contributed by atoms with E-state index in [-0.39, 0.29) is 31.4 Å². The average molecular weight is 615 g/mol. The monoisotopic (exact) mass is 614 g/mol. The quantitative estimate of drug-likeness (QED) is 0.138. The number of nitrogens with one attached hydrogen (secondary N) is 4. The number of carbonyl (C=O) groups is 6. The fourth-order valence-corrected chi connectivity index (χ4v) is 4.49. The van der Waals surface area contributed by atoms with Gasteiger partial charge in [-0.25, -0.2) is 9.36 Å². The molecule has 0 aromatic heterocycles. The summed E-state index contributed by atoms with van der Waals surface area (Å²) in [5.41, 5.74) is 0.442. The number of carboxylic acid groups (broad SMARTS) is 2. The second kappa shape index (κ2) is 15.3.